The van der Waals surface area contributed by atoms with Gasteiger partial charge < -0.3 is 15.6 Å². The molecule has 1 aromatic heterocycles. The standard InChI is InChI=1S/C20H27N5O2/c1-15-4-2-5-16(12-15)14-25-11-10-24-20(27)17(25)13-19(26)23-7-3-6-18-21-8-9-22-18/h2,4-5,8-9,12,17H,3,6-7,10-11,13-14H2,1H3,(H,21,22)(H,23,26)(H,24,27)/t17-/m1/s1. The molecule has 144 valence electrons. The zero-order valence-electron chi connectivity index (χ0n) is 15.7. The molecular formula is C20H27N5O2. The lowest BCUT2D eigenvalue weighted by molar-refractivity contribution is -0.134. The fourth-order valence-electron chi connectivity index (χ4n) is 3.38. The highest BCUT2D eigenvalue weighted by atomic mass is 16.2. The number of aromatic nitrogens is 2. The molecule has 1 fully saturated rings. The van der Waals surface area contributed by atoms with Crippen LogP contribution in [0.3, 0.4) is 0 Å². The second kappa shape index (κ2) is 9.32. The third-order valence-electron chi connectivity index (χ3n) is 4.76. The Balaban J connectivity index is 1.50. The predicted molar refractivity (Wildman–Crippen MR) is 103 cm³/mol. The van der Waals surface area contributed by atoms with E-state index in [1.54, 1.807) is 12.4 Å². The van der Waals surface area contributed by atoms with Crippen molar-refractivity contribution in [1.29, 1.82) is 0 Å². The number of H-pyrrole nitrogens is 1. The summed E-state index contributed by atoms with van der Waals surface area (Å²) >= 11 is 0. The highest BCUT2D eigenvalue weighted by Gasteiger charge is 2.31. The third kappa shape index (κ3) is 5.65. The maximum Gasteiger partial charge on any atom is 0.237 e. The van der Waals surface area contributed by atoms with Gasteiger partial charge in [0.1, 0.15) is 5.82 Å². The molecule has 0 bridgehead atoms. The lowest BCUT2D eigenvalue weighted by atomic mass is 10.1. The monoisotopic (exact) mass is 369 g/mol. The molecule has 2 heterocycles. The Labute approximate surface area is 159 Å². The average Bonchev–Trinajstić information content (AvgIpc) is 3.15. The SMILES string of the molecule is Cc1cccc(CN2CCNC(=O)[C@H]2CC(=O)NCCCc2ncc[nH]2)c1. The number of piperazine rings is 1. The highest BCUT2D eigenvalue weighted by molar-refractivity contribution is 5.88. The highest BCUT2D eigenvalue weighted by Crippen LogP contribution is 2.15. The van der Waals surface area contributed by atoms with E-state index >= 15 is 0 Å². The molecule has 0 spiro atoms. The van der Waals surface area contributed by atoms with Crippen LogP contribution in [0.2, 0.25) is 0 Å². The van der Waals surface area contributed by atoms with Gasteiger partial charge in [0.15, 0.2) is 0 Å². The quantitative estimate of drug-likeness (QED) is 0.609. The van der Waals surface area contributed by atoms with Gasteiger partial charge in [-0.25, -0.2) is 4.98 Å². The molecule has 2 aromatic rings. The second-order valence-corrected chi connectivity index (χ2v) is 6.96. The molecule has 0 aliphatic carbocycles. The molecule has 2 amide bonds. The van der Waals surface area contributed by atoms with Crippen molar-refractivity contribution in [2.75, 3.05) is 19.6 Å². The maximum atomic E-state index is 12.3. The van der Waals surface area contributed by atoms with Crippen molar-refractivity contribution in [2.45, 2.75) is 38.8 Å². The molecule has 0 unspecified atom stereocenters. The van der Waals surface area contributed by atoms with Crippen molar-refractivity contribution in [3.8, 4) is 0 Å². The number of carbonyl (C=O) groups is 2. The number of benzene rings is 1. The van der Waals surface area contributed by atoms with Gasteiger partial charge in [0.25, 0.3) is 0 Å². The number of aryl methyl sites for hydroxylation is 2. The summed E-state index contributed by atoms with van der Waals surface area (Å²) in [6, 6.07) is 7.84. The first-order chi connectivity index (χ1) is 13.1. The van der Waals surface area contributed by atoms with Crippen LogP contribution in [0.4, 0.5) is 0 Å². The molecular weight excluding hydrogens is 342 g/mol. The van der Waals surface area contributed by atoms with E-state index in [4.69, 9.17) is 0 Å². The Kier molecular flexibility index (Phi) is 6.59. The van der Waals surface area contributed by atoms with Crippen LogP contribution in [-0.4, -0.2) is 52.4 Å². The minimum Gasteiger partial charge on any atom is -0.356 e. The normalized spacial score (nSPS) is 17.5. The van der Waals surface area contributed by atoms with Crippen molar-refractivity contribution < 1.29 is 9.59 Å². The Hall–Kier alpha value is -2.67. The Morgan fingerprint density at radius 3 is 3.07 bits per heavy atom. The van der Waals surface area contributed by atoms with Crippen LogP contribution < -0.4 is 10.6 Å². The van der Waals surface area contributed by atoms with Crippen molar-refractivity contribution in [3.05, 3.63) is 53.6 Å². The zero-order valence-corrected chi connectivity index (χ0v) is 15.7. The van der Waals surface area contributed by atoms with Gasteiger partial charge in [-0.2, -0.15) is 0 Å². The van der Waals surface area contributed by atoms with Gasteiger partial charge in [0.2, 0.25) is 11.8 Å². The molecule has 1 atom stereocenters. The molecule has 27 heavy (non-hydrogen) atoms. The van der Waals surface area contributed by atoms with Crippen LogP contribution >= 0.6 is 0 Å². The predicted octanol–water partition coefficient (Wildman–Crippen LogP) is 1.16. The van der Waals surface area contributed by atoms with Crippen LogP contribution in [0.15, 0.2) is 36.7 Å². The number of hydrogen-bond donors (Lipinski definition) is 3. The number of hydrogen-bond acceptors (Lipinski definition) is 4. The van der Waals surface area contributed by atoms with Crippen LogP contribution in [0.25, 0.3) is 0 Å². The smallest absolute Gasteiger partial charge is 0.237 e. The first-order valence-corrected chi connectivity index (χ1v) is 9.44. The fourth-order valence-corrected chi connectivity index (χ4v) is 3.38. The van der Waals surface area contributed by atoms with Gasteiger partial charge in [-0.3, -0.25) is 14.5 Å². The first kappa shape index (κ1) is 19.1. The Bertz CT molecular complexity index is 759. The molecule has 3 N–H and O–H groups in total. The van der Waals surface area contributed by atoms with Crippen LogP contribution in [0.5, 0.6) is 0 Å². The topological polar surface area (TPSA) is 90.1 Å². The van der Waals surface area contributed by atoms with Gasteiger partial charge in [0.05, 0.1) is 12.5 Å². The van der Waals surface area contributed by atoms with Crippen molar-refractivity contribution >= 4 is 11.8 Å². The minimum atomic E-state index is -0.427. The first-order valence-electron chi connectivity index (χ1n) is 9.44. The average molecular weight is 369 g/mol. The lowest BCUT2D eigenvalue weighted by Gasteiger charge is -2.34. The van der Waals surface area contributed by atoms with E-state index in [0.717, 1.165) is 30.8 Å². The van der Waals surface area contributed by atoms with Crippen LogP contribution in [0.1, 0.15) is 29.8 Å². The summed E-state index contributed by atoms with van der Waals surface area (Å²) in [5.41, 5.74) is 2.35. The molecule has 0 radical (unpaired) electrons. The summed E-state index contributed by atoms with van der Waals surface area (Å²) < 4.78 is 0. The summed E-state index contributed by atoms with van der Waals surface area (Å²) in [7, 11) is 0. The molecule has 1 aliphatic rings. The molecule has 7 nitrogen and oxygen atoms in total. The van der Waals surface area contributed by atoms with E-state index in [1.165, 1.54) is 5.56 Å². The van der Waals surface area contributed by atoms with Gasteiger partial charge in [-0.05, 0) is 18.9 Å². The van der Waals surface area contributed by atoms with Crippen LogP contribution in [-0.2, 0) is 22.6 Å². The summed E-state index contributed by atoms with van der Waals surface area (Å²) in [6.45, 7) is 4.67. The van der Waals surface area contributed by atoms with Gasteiger partial charge >= 0.3 is 0 Å². The van der Waals surface area contributed by atoms with Crippen molar-refractivity contribution in [2.24, 2.45) is 0 Å². The third-order valence-corrected chi connectivity index (χ3v) is 4.76. The van der Waals surface area contributed by atoms with Gasteiger partial charge in [-0.15, -0.1) is 0 Å². The Morgan fingerprint density at radius 2 is 2.30 bits per heavy atom. The van der Waals surface area contributed by atoms with E-state index in [0.29, 0.717) is 19.6 Å². The summed E-state index contributed by atoms with van der Waals surface area (Å²) in [5.74, 6) is 0.755. The summed E-state index contributed by atoms with van der Waals surface area (Å²) in [4.78, 5) is 34.0. The zero-order chi connectivity index (χ0) is 19.1. The molecule has 1 saturated heterocycles. The van der Waals surface area contributed by atoms with Crippen LogP contribution in [0, 0.1) is 6.92 Å². The van der Waals surface area contributed by atoms with Crippen molar-refractivity contribution in [3.63, 3.8) is 0 Å². The fraction of sp³-hybridized carbons (Fsp3) is 0.450. The number of nitrogens with zero attached hydrogens (tertiary/aromatic N) is 2. The van der Waals surface area contributed by atoms with E-state index in [-0.39, 0.29) is 18.2 Å². The maximum absolute atomic E-state index is 12.3. The van der Waals surface area contributed by atoms with E-state index in [2.05, 4.69) is 50.6 Å². The molecule has 0 saturated carbocycles. The molecule has 1 aliphatic heterocycles. The van der Waals surface area contributed by atoms with E-state index in [9.17, 15) is 9.59 Å². The largest absolute Gasteiger partial charge is 0.356 e. The number of amides is 2. The number of imidazole rings is 1. The molecule has 3 rings (SSSR count). The number of aromatic amines is 1. The second-order valence-electron chi connectivity index (χ2n) is 6.96. The summed E-state index contributed by atoms with van der Waals surface area (Å²) in [5, 5.41) is 5.80. The lowest BCUT2D eigenvalue weighted by Crippen LogP contribution is -2.56. The number of nitrogens with one attached hydrogen (secondary N) is 3. The molecule has 1 aromatic carbocycles. The number of carbonyl (C=O) groups excluding carboxylic acids is 2. The van der Waals surface area contributed by atoms with Crippen molar-refractivity contribution in [1.82, 2.24) is 25.5 Å². The summed E-state index contributed by atoms with van der Waals surface area (Å²) in [6.07, 6.45) is 5.29. The van der Waals surface area contributed by atoms with E-state index in [1.807, 2.05) is 6.07 Å². The number of rotatable bonds is 8. The minimum absolute atomic E-state index is 0.0698. The van der Waals surface area contributed by atoms with Gasteiger partial charge in [0, 0.05) is 45.0 Å². The van der Waals surface area contributed by atoms with Gasteiger partial charge in [-0.1, -0.05) is 29.8 Å². The Morgan fingerprint density at radius 1 is 1.41 bits per heavy atom. The molecule has 7 heteroatoms. The van der Waals surface area contributed by atoms with E-state index < -0.39 is 6.04 Å².